The van der Waals surface area contributed by atoms with Gasteiger partial charge in [-0.05, 0) is 35.4 Å². The van der Waals surface area contributed by atoms with Crippen LogP contribution >= 0.6 is 0 Å². The van der Waals surface area contributed by atoms with Crippen molar-refractivity contribution in [2.24, 2.45) is 0 Å². The van der Waals surface area contributed by atoms with Crippen molar-refractivity contribution in [1.82, 2.24) is 9.44 Å². The van der Waals surface area contributed by atoms with Crippen LogP contribution in [0.5, 0.6) is 11.5 Å². The average Bonchev–Trinajstić information content (AvgIpc) is 2.59. The maximum atomic E-state index is 11.1. The molecule has 0 unspecified atom stereocenters. The number of hydrogen-bond donors (Lipinski definition) is 2. The van der Waals surface area contributed by atoms with E-state index < -0.39 is 20.0 Å². The van der Waals surface area contributed by atoms with E-state index in [9.17, 15) is 16.8 Å². The Morgan fingerprint density at radius 3 is 1.33 bits per heavy atom. The van der Waals surface area contributed by atoms with Crippen LogP contribution in [0.25, 0.3) is 0 Å². The van der Waals surface area contributed by atoms with Gasteiger partial charge in [-0.2, -0.15) is 0 Å². The average molecular weight is 411 g/mol. The molecule has 0 amide bonds. The van der Waals surface area contributed by atoms with Gasteiger partial charge in [0.1, 0.15) is 11.5 Å². The summed E-state index contributed by atoms with van der Waals surface area (Å²) in [4.78, 5) is 0. The van der Waals surface area contributed by atoms with Crippen molar-refractivity contribution in [3.05, 3.63) is 59.7 Å². The topological polar surface area (TPSA) is 111 Å². The molecule has 2 rings (SSSR count). The lowest BCUT2D eigenvalue weighted by molar-refractivity contribution is 0.459. The Morgan fingerprint density at radius 1 is 0.704 bits per heavy atom. The summed E-state index contributed by atoms with van der Waals surface area (Å²) < 4.78 is 59.8. The molecular weight excluding hydrogens is 391 g/mol. The Bertz CT molecular complexity index is 866. The summed E-state index contributed by atoms with van der Waals surface area (Å²) in [7, 11) is -5.29. The van der Waals surface area contributed by atoms with Crippen molar-refractivity contribution in [3.8, 4) is 11.5 Å². The van der Waals surface area contributed by atoms with E-state index in [1.807, 2.05) is 0 Å². The second kappa shape index (κ2) is 9.22. The molecule has 0 saturated carbocycles. The zero-order chi connectivity index (χ0) is 19.9. The lowest BCUT2D eigenvalue weighted by Crippen LogP contribution is -2.21. The molecule has 0 aliphatic heterocycles. The standard InChI is InChI=1S/C16H20BN2O6S2/c1-26(20,21)18-11-13-3-7-15(8-4-13)24-17-25-16-9-5-14(6-10-16)12-19-27(2,22)23/h3-10,18-19H,11-12H2,1-2H3. The summed E-state index contributed by atoms with van der Waals surface area (Å²) in [5, 5.41) is 0. The molecule has 0 aliphatic carbocycles. The van der Waals surface area contributed by atoms with Gasteiger partial charge in [0, 0.05) is 13.1 Å². The van der Waals surface area contributed by atoms with Gasteiger partial charge in [-0.3, -0.25) is 0 Å². The largest absolute Gasteiger partial charge is 0.658 e. The van der Waals surface area contributed by atoms with Gasteiger partial charge in [0.25, 0.3) is 0 Å². The first-order valence-corrected chi connectivity index (χ1v) is 11.6. The fourth-order valence-electron chi connectivity index (χ4n) is 1.94. The van der Waals surface area contributed by atoms with E-state index in [0.29, 0.717) is 11.5 Å². The predicted molar refractivity (Wildman–Crippen MR) is 103 cm³/mol. The molecule has 0 aliphatic rings. The van der Waals surface area contributed by atoms with Gasteiger partial charge in [-0.25, -0.2) is 26.3 Å². The second-order valence-corrected chi connectivity index (χ2v) is 9.47. The second-order valence-electron chi connectivity index (χ2n) is 5.81. The SMILES string of the molecule is CS(=O)(=O)NCc1ccc(O[B]Oc2ccc(CNS(C)(=O)=O)cc2)cc1. The molecule has 1 radical (unpaired) electrons. The van der Waals surface area contributed by atoms with Crippen LogP contribution in [0.1, 0.15) is 11.1 Å². The molecule has 8 nitrogen and oxygen atoms in total. The molecule has 0 saturated heterocycles. The fraction of sp³-hybridized carbons (Fsp3) is 0.250. The van der Waals surface area contributed by atoms with Gasteiger partial charge in [0.05, 0.1) is 12.5 Å². The number of hydrogen-bond acceptors (Lipinski definition) is 6. The Morgan fingerprint density at radius 2 is 1.04 bits per heavy atom. The van der Waals surface area contributed by atoms with Crippen LogP contribution in [0.15, 0.2) is 48.5 Å². The van der Waals surface area contributed by atoms with Crippen molar-refractivity contribution in [2.75, 3.05) is 12.5 Å². The minimum absolute atomic E-state index is 0.208. The molecule has 145 valence electrons. The highest BCUT2D eigenvalue weighted by Crippen LogP contribution is 2.14. The van der Waals surface area contributed by atoms with E-state index in [-0.39, 0.29) is 13.1 Å². The van der Waals surface area contributed by atoms with Crippen molar-refractivity contribution < 1.29 is 26.1 Å². The van der Waals surface area contributed by atoms with Crippen LogP contribution < -0.4 is 18.8 Å². The Hall–Kier alpha value is -2.08. The molecule has 0 aromatic heterocycles. The fourth-order valence-corrected chi connectivity index (χ4v) is 2.79. The quantitative estimate of drug-likeness (QED) is 0.559. The zero-order valence-corrected chi connectivity index (χ0v) is 16.5. The minimum atomic E-state index is -3.23. The number of nitrogens with one attached hydrogen (secondary N) is 2. The summed E-state index contributed by atoms with van der Waals surface area (Å²) >= 11 is 0. The van der Waals surface area contributed by atoms with Crippen molar-refractivity contribution in [1.29, 1.82) is 0 Å². The van der Waals surface area contributed by atoms with Gasteiger partial charge >= 0.3 is 7.69 Å². The smallest absolute Gasteiger partial charge is 0.526 e. The minimum Gasteiger partial charge on any atom is -0.526 e. The van der Waals surface area contributed by atoms with Gasteiger partial charge in [-0.1, -0.05) is 24.3 Å². The first-order chi connectivity index (χ1) is 12.6. The van der Waals surface area contributed by atoms with E-state index in [1.165, 1.54) is 7.69 Å². The van der Waals surface area contributed by atoms with Crippen molar-refractivity contribution in [2.45, 2.75) is 13.1 Å². The van der Waals surface area contributed by atoms with E-state index in [4.69, 9.17) is 9.31 Å². The lowest BCUT2D eigenvalue weighted by Gasteiger charge is -2.08. The molecule has 0 spiro atoms. The normalized spacial score (nSPS) is 11.8. The Labute approximate surface area is 160 Å². The maximum Gasteiger partial charge on any atom is 0.658 e. The summed E-state index contributed by atoms with van der Waals surface area (Å²) in [6, 6.07) is 13.7. The molecule has 11 heteroatoms. The van der Waals surface area contributed by atoms with Crippen LogP contribution in [-0.4, -0.2) is 37.0 Å². The molecule has 27 heavy (non-hydrogen) atoms. The zero-order valence-electron chi connectivity index (χ0n) is 14.9. The molecule has 0 fully saturated rings. The molecule has 2 aromatic rings. The molecule has 0 heterocycles. The van der Waals surface area contributed by atoms with Crippen LogP contribution in [0, 0.1) is 0 Å². The lowest BCUT2D eigenvalue weighted by atomic mass is 10.2. The van der Waals surface area contributed by atoms with Crippen molar-refractivity contribution in [3.63, 3.8) is 0 Å². The summed E-state index contributed by atoms with van der Waals surface area (Å²) in [6.07, 6.45) is 2.21. The highest BCUT2D eigenvalue weighted by molar-refractivity contribution is 7.88. The molecule has 2 N–H and O–H groups in total. The van der Waals surface area contributed by atoms with Crippen LogP contribution in [0.3, 0.4) is 0 Å². The number of rotatable bonds is 10. The predicted octanol–water partition coefficient (Wildman–Crippen LogP) is 0.777. The summed E-state index contributed by atoms with van der Waals surface area (Å²) in [5.41, 5.74) is 1.60. The third-order valence-electron chi connectivity index (χ3n) is 3.29. The van der Waals surface area contributed by atoms with Gasteiger partial charge in [-0.15, -0.1) is 0 Å². The Balaban J connectivity index is 1.77. The molecule has 0 bridgehead atoms. The van der Waals surface area contributed by atoms with E-state index in [1.54, 1.807) is 48.5 Å². The van der Waals surface area contributed by atoms with E-state index in [0.717, 1.165) is 23.6 Å². The third-order valence-corrected chi connectivity index (χ3v) is 4.63. The Kier molecular flexibility index (Phi) is 7.25. The number of sulfonamides is 2. The summed E-state index contributed by atoms with van der Waals surface area (Å²) in [5.74, 6) is 1.07. The van der Waals surface area contributed by atoms with Crippen LogP contribution in [-0.2, 0) is 33.1 Å². The van der Waals surface area contributed by atoms with E-state index >= 15 is 0 Å². The van der Waals surface area contributed by atoms with Crippen LogP contribution in [0.2, 0.25) is 0 Å². The van der Waals surface area contributed by atoms with Gasteiger partial charge in [0.2, 0.25) is 20.0 Å². The summed E-state index contributed by atoms with van der Waals surface area (Å²) in [6.45, 7) is 0.416. The van der Waals surface area contributed by atoms with Gasteiger partial charge < -0.3 is 9.31 Å². The number of benzene rings is 2. The maximum absolute atomic E-state index is 11.1. The van der Waals surface area contributed by atoms with Crippen molar-refractivity contribution >= 4 is 27.7 Å². The van der Waals surface area contributed by atoms with E-state index in [2.05, 4.69) is 9.44 Å². The van der Waals surface area contributed by atoms with Crippen LogP contribution in [0.4, 0.5) is 0 Å². The molecule has 2 aromatic carbocycles. The first-order valence-electron chi connectivity index (χ1n) is 7.83. The molecule has 0 atom stereocenters. The highest BCUT2D eigenvalue weighted by atomic mass is 32.2. The third kappa shape index (κ3) is 8.91. The van der Waals surface area contributed by atoms with Gasteiger partial charge in [0.15, 0.2) is 0 Å². The highest BCUT2D eigenvalue weighted by Gasteiger charge is 2.05. The monoisotopic (exact) mass is 411 g/mol. The first kappa shape index (κ1) is 21.2. The molecular formula is C16H20BN2O6S2.